The van der Waals surface area contributed by atoms with Gasteiger partial charge >= 0.3 is 0 Å². The van der Waals surface area contributed by atoms with Gasteiger partial charge in [0.1, 0.15) is 0 Å². The van der Waals surface area contributed by atoms with E-state index in [2.05, 4.69) is 228 Å². The quantitative estimate of drug-likeness (QED) is 0.156. The van der Waals surface area contributed by atoms with E-state index in [1.807, 2.05) is 18.2 Å². The lowest BCUT2D eigenvalue weighted by molar-refractivity contribution is 0.953. The summed E-state index contributed by atoms with van der Waals surface area (Å²) < 4.78 is 4.60. The Kier molecular flexibility index (Phi) is 8.52. The first-order valence-electron chi connectivity index (χ1n) is 23.1. The van der Waals surface area contributed by atoms with Crippen molar-refractivity contribution in [3.8, 4) is 56.7 Å². The van der Waals surface area contributed by atoms with Crippen molar-refractivity contribution in [2.45, 2.75) is 0 Å². The Labute approximate surface area is 391 Å². The van der Waals surface area contributed by atoms with E-state index < -0.39 is 0 Å². The third-order valence-electron chi connectivity index (χ3n) is 13.7. The smallest absolute Gasteiger partial charge is 0.238 e. The Hall–Kier alpha value is -9.19. The molecule has 0 fully saturated rings. The number of nitrogens with zero attached hydrogens (tertiary/aromatic N) is 5. The van der Waals surface area contributed by atoms with Crippen molar-refractivity contribution in [1.29, 1.82) is 0 Å². The predicted octanol–water partition coefficient (Wildman–Crippen LogP) is 16.2. The van der Waals surface area contributed by atoms with Crippen LogP contribution in [-0.4, -0.2) is 24.1 Å². The van der Waals surface area contributed by atoms with E-state index in [4.69, 9.17) is 15.0 Å². The summed E-state index contributed by atoms with van der Waals surface area (Å²) in [5.41, 5.74) is 11.6. The molecule has 0 saturated heterocycles. The van der Waals surface area contributed by atoms with Crippen LogP contribution in [0.4, 0.5) is 0 Å². The van der Waals surface area contributed by atoms with Crippen molar-refractivity contribution in [3.05, 3.63) is 237 Å². The Morgan fingerprint density at radius 2 is 0.632 bits per heavy atom. The van der Waals surface area contributed by atoms with Crippen molar-refractivity contribution in [2.75, 3.05) is 0 Å². The highest BCUT2D eigenvalue weighted by Gasteiger charge is 2.21. The largest absolute Gasteiger partial charge is 0.309 e. The van der Waals surface area contributed by atoms with Gasteiger partial charge in [0.05, 0.1) is 22.1 Å². The molecular weight excluding hydrogens is 827 g/mol. The van der Waals surface area contributed by atoms with Crippen molar-refractivity contribution in [3.63, 3.8) is 0 Å². The number of rotatable bonds is 6. The molecule has 68 heavy (non-hydrogen) atoms. The second kappa shape index (κ2) is 15.2. The van der Waals surface area contributed by atoms with Gasteiger partial charge in [-0.05, 0) is 103 Å². The van der Waals surface area contributed by atoms with Crippen molar-refractivity contribution < 1.29 is 0 Å². The highest BCUT2D eigenvalue weighted by atomic mass is 15.2. The van der Waals surface area contributed by atoms with Gasteiger partial charge in [0, 0.05) is 38.4 Å². The van der Waals surface area contributed by atoms with Gasteiger partial charge in [-0.1, -0.05) is 188 Å². The van der Waals surface area contributed by atoms with Gasteiger partial charge in [-0.15, -0.1) is 0 Å². The van der Waals surface area contributed by atoms with Crippen molar-refractivity contribution >= 4 is 75.9 Å². The topological polar surface area (TPSA) is 48.5 Å². The van der Waals surface area contributed by atoms with Crippen molar-refractivity contribution in [1.82, 2.24) is 24.1 Å². The average Bonchev–Trinajstić information content (AvgIpc) is 3.94. The molecule has 0 bridgehead atoms. The molecule has 14 rings (SSSR count). The highest BCUT2D eigenvalue weighted by Crippen LogP contribution is 2.41. The molecule has 0 amide bonds. The lowest BCUT2D eigenvalue weighted by Crippen LogP contribution is -2.07. The molecule has 0 aliphatic heterocycles. The van der Waals surface area contributed by atoms with E-state index in [0.717, 1.165) is 66.3 Å². The summed E-state index contributed by atoms with van der Waals surface area (Å²) in [6.07, 6.45) is 0. The molecule has 0 N–H and O–H groups in total. The van der Waals surface area contributed by atoms with Crippen LogP contribution < -0.4 is 0 Å². The lowest BCUT2D eigenvalue weighted by Gasteiger charge is -2.16. The standard InChI is InChI=1S/C63H39N5/c1-3-17-40(18-4-1)43-32-34-55-54-27-11-14-28-57(54)67(60(55)39-43)46-36-44(42-31-33-51-49-23-8-7-21-47(49)48-22-9-10-24-50(48)56(51)38-42)35-45(37-46)62-64-61(41-19-5-2-6-20-41)65-63(66-62)68-58-29-15-12-25-52(58)53-26-13-16-30-59(53)68/h1-39H. The Morgan fingerprint density at radius 1 is 0.221 bits per heavy atom. The minimum Gasteiger partial charge on any atom is -0.309 e. The number of hydrogen-bond donors (Lipinski definition) is 0. The van der Waals surface area contributed by atoms with E-state index >= 15 is 0 Å². The maximum absolute atomic E-state index is 5.46. The highest BCUT2D eigenvalue weighted by molar-refractivity contribution is 6.26. The van der Waals surface area contributed by atoms with Gasteiger partial charge in [0.15, 0.2) is 11.6 Å². The number of benzene rings is 11. The van der Waals surface area contributed by atoms with Gasteiger partial charge in [-0.3, -0.25) is 4.57 Å². The Morgan fingerprint density at radius 3 is 1.22 bits per heavy atom. The maximum atomic E-state index is 5.46. The van der Waals surface area contributed by atoms with Crippen LogP contribution in [-0.2, 0) is 0 Å². The maximum Gasteiger partial charge on any atom is 0.238 e. The minimum absolute atomic E-state index is 0.562. The Bertz CT molecular complexity index is 4230. The molecule has 14 aromatic rings. The summed E-state index contributed by atoms with van der Waals surface area (Å²) in [4.78, 5) is 16.1. The van der Waals surface area contributed by atoms with Gasteiger partial charge in [0.2, 0.25) is 5.95 Å². The summed E-state index contributed by atoms with van der Waals surface area (Å²) in [6.45, 7) is 0. The van der Waals surface area contributed by atoms with Crippen LogP contribution >= 0.6 is 0 Å². The second-order valence-corrected chi connectivity index (χ2v) is 17.6. The first kappa shape index (κ1) is 38.1. The molecule has 0 aliphatic carbocycles. The average molecular weight is 866 g/mol. The summed E-state index contributed by atoms with van der Waals surface area (Å²) in [5, 5.41) is 12.1. The first-order valence-corrected chi connectivity index (χ1v) is 23.1. The summed E-state index contributed by atoms with van der Waals surface area (Å²) in [7, 11) is 0. The van der Waals surface area contributed by atoms with Crippen LogP contribution in [0.5, 0.6) is 0 Å². The molecule has 5 nitrogen and oxygen atoms in total. The van der Waals surface area contributed by atoms with Gasteiger partial charge in [0.25, 0.3) is 0 Å². The zero-order chi connectivity index (χ0) is 44.7. The molecule has 0 unspecified atom stereocenters. The summed E-state index contributed by atoms with van der Waals surface area (Å²) in [6, 6.07) is 84.8. The molecule has 3 aromatic heterocycles. The number of fused-ring (bicyclic) bond motifs is 12. The van der Waals surface area contributed by atoms with Crippen LogP contribution in [0.15, 0.2) is 237 Å². The molecule has 11 aromatic carbocycles. The minimum atomic E-state index is 0.562. The van der Waals surface area contributed by atoms with Gasteiger partial charge < -0.3 is 4.57 Å². The van der Waals surface area contributed by atoms with Crippen LogP contribution in [0.25, 0.3) is 133 Å². The number of aromatic nitrogens is 5. The van der Waals surface area contributed by atoms with Crippen molar-refractivity contribution in [2.24, 2.45) is 0 Å². The normalized spacial score (nSPS) is 11.8. The molecule has 0 saturated carbocycles. The van der Waals surface area contributed by atoms with E-state index in [9.17, 15) is 0 Å². The molecule has 0 aliphatic rings. The van der Waals surface area contributed by atoms with E-state index in [0.29, 0.717) is 17.6 Å². The molecule has 0 radical (unpaired) electrons. The fourth-order valence-electron chi connectivity index (χ4n) is 10.6. The molecular formula is C63H39N5. The van der Waals surface area contributed by atoms with E-state index in [1.54, 1.807) is 0 Å². The SMILES string of the molecule is c1ccc(-c2ccc3c4ccccc4n(-c4cc(-c5ccc6c7ccccc7c7ccccc7c6c5)cc(-c5nc(-c6ccccc6)nc(-n6c7ccccc7c7ccccc76)n5)c4)c3c2)cc1. The Balaban J connectivity index is 1.07. The molecule has 5 heteroatoms. The lowest BCUT2D eigenvalue weighted by atomic mass is 9.91. The molecule has 0 spiro atoms. The summed E-state index contributed by atoms with van der Waals surface area (Å²) in [5.74, 6) is 1.75. The van der Waals surface area contributed by atoms with Crippen LogP contribution in [0, 0.1) is 0 Å². The third-order valence-corrected chi connectivity index (χ3v) is 13.7. The fourth-order valence-corrected chi connectivity index (χ4v) is 10.6. The molecule has 3 heterocycles. The third kappa shape index (κ3) is 5.99. The van der Waals surface area contributed by atoms with Crippen LogP contribution in [0.2, 0.25) is 0 Å². The first-order chi connectivity index (χ1) is 33.7. The van der Waals surface area contributed by atoms with E-state index in [-0.39, 0.29) is 0 Å². The second-order valence-electron chi connectivity index (χ2n) is 17.6. The van der Waals surface area contributed by atoms with Crippen LogP contribution in [0.1, 0.15) is 0 Å². The van der Waals surface area contributed by atoms with Crippen LogP contribution in [0.3, 0.4) is 0 Å². The monoisotopic (exact) mass is 865 g/mol. The van der Waals surface area contributed by atoms with Gasteiger partial charge in [-0.2, -0.15) is 9.97 Å². The zero-order valence-electron chi connectivity index (χ0n) is 36.8. The van der Waals surface area contributed by atoms with E-state index in [1.165, 1.54) is 48.7 Å². The van der Waals surface area contributed by atoms with Gasteiger partial charge in [-0.25, -0.2) is 4.98 Å². The fraction of sp³-hybridized carbons (Fsp3) is 0. The molecule has 316 valence electrons. The zero-order valence-corrected chi connectivity index (χ0v) is 36.8. The predicted molar refractivity (Wildman–Crippen MR) is 283 cm³/mol. The number of hydrogen-bond acceptors (Lipinski definition) is 3. The summed E-state index contributed by atoms with van der Waals surface area (Å²) >= 11 is 0. The molecule has 0 atom stereocenters. The number of para-hydroxylation sites is 3.